The van der Waals surface area contributed by atoms with Crippen molar-refractivity contribution in [3.63, 3.8) is 0 Å². The van der Waals surface area contributed by atoms with E-state index in [1.807, 2.05) is 0 Å². The summed E-state index contributed by atoms with van der Waals surface area (Å²) in [6.07, 6.45) is 3.85. The van der Waals surface area contributed by atoms with E-state index in [2.05, 4.69) is 24.1 Å². The lowest BCUT2D eigenvalue weighted by Crippen LogP contribution is -2.26. The lowest BCUT2D eigenvalue weighted by molar-refractivity contribution is 0.0527. The van der Waals surface area contributed by atoms with Crippen LogP contribution in [0.5, 0.6) is 0 Å². The first-order valence-corrected chi connectivity index (χ1v) is 7.22. The lowest BCUT2D eigenvalue weighted by Gasteiger charge is -2.21. The Kier molecular flexibility index (Phi) is 4.47. The molecule has 0 amide bonds. The van der Waals surface area contributed by atoms with Gasteiger partial charge in [0.05, 0.1) is 18.5 Å². The standard InChI is InChI=1S/C15H23N3O2/c1-4-20-15(19)12-7-11(16)8-17-14(12)18-13-6-5-9(2)10(13)3/h7-10,13H,4-6,16H2,1-3H3,(H,17,18). The van der Waals surface area contributed by atoms with Crippen molar-refractivity contribution in [2.45, 2.75) is 39.7 Å². The van der Waals surface area contributed by atoms with Crippen LogP contribution in [0.15, 0.2) is 12.3 Å². The summed E-state index contributed by atoms with van der Waals surface area (Å²) in [5.41, 5.74) is 6.60. The average molecular weight is 277 g/mol. The van der Waals surface area contributed by atoms with E-state index in [0.29, 0.717) is 41.6 Å². The van der Waals surface area contributed by atoms with Gasteiger partial charge in [-0.2, -0.15) is 0 Å². The van der Waals surface area contributed by atoms with Crippen LogP contribution in [0, 0.1) is 11.8 Å². The molecule has 0 bridgehead atoms. The van der Waals surface area contributed by atoms with Crippen LogP contribution in [0.25, 0.3) is 0 Å². The summed E-state index contributed by atoms with van der Waals surface area (Å²) >= 11 is 0. The number of aromatic nitrogens is 1. The molecule has 3 atom stereocenters. The summed E-state index contributed by atoms with van der Waals surface area (Å²) in [4.78, 5) is 16.2. The zero-order chi connectivity index (χ0) is 14.7. The number of nitrogens with one attached hydrogen (secondary N) is 1. The number of nitrogens with two attached hydrogens (primary N) is 1. The minimum Gasteiger partial charge on any atom is -0.462 e. The Hall–Kier alpha value is -1.78. The molecule has 0 aromatic carbocycles. The molecule has 3 unspecified atom stereocenters. The van der Waals surface area contributed by atoms with Gasteiger partial charge in [0.1, 0.15) is 11.4 Å². The van der Waals surface area contributed by atoms with Crippen molar-refractivity contribution >= 4 is 17.5 Å². The predicted octanol–water partition coefficient (Wildman–Crippen LogP) is 2.69. The fourth-order valence-corrected chi connectivity index (χ4v) is 2.70. The van der Waals surface area contributed by atoms with E-state index in [0.717, 1.165) is 6.42 Å². The highest BCUT2D eigenvalue weighted by Gasteiger charge is 2.30. The SMILES string of the molecule is CCOC(=O)c1cc(N)cnc1NC1CCC(C)C1C. The molecule has 1 fully saturated rings. The van der Waals surface area contributed by atoms with Gasteiger partial charge in [-0.15, -0.1) is 0 Å². The van der Waals surface area contributed by atoms with Crippen LogP contribution < -0.4 is 11.1 Å². The normalized spacial score (nSPS) is 25.4. The summed E-state index contributed by atoms with van der Waals surface area (Å²) in [7, 11) is 0. The molecule has 1 aromatic rings. The minimum absolute atomic E-state index is 0.337. The largest absolute Gasteiger partial charge is 0.462 e. The van der Waals surface area contributed by atoms with Gasteiger partial charge in [-0.3, -0.25) is 0 Å². The smallest absolute Gasteiger partial charge is 0.341 e. The maximum atomic E-state index is 12.0. The van der Waals surface area contributed by atoms with Gasteiger partial charge >= 0.3 is 5.97 Å². The molecule has 20 heavy (non-hydrogen) atoms. The molecule has 1 aliphatic rings. The second-order valence-electron chi connectivity index (χ2n) is 5.55. The molecule has 0 radical (unpaired) electrons. The third-order valence-electron chi connectivity index (χ3n) is 4.19. The summed E-state index contributed by atoms with van der Waals surface area (Å²) in [6, 6.07) is 1.96. The molecule has 1 heterocycles. The van der Waals surface area contributed by atoms with Gasteiger partial charge in [0, 0.05) is 6.04 Å². The highest BCUT2D eigenvalue weighted by molar-refractivity contribution is 5.95. The van der Waals surface area contributed by atoms with Gasteiger partial charge in [-0.1, -0.05) is 13.8 Å². The monoisotopic (exact) mass is 277 g/mol. The third kappa shape index (κ3) is 3.03. The fraction of sp³-hybridized carbons (Fsp3) is 0.600. The van der Waals surface area contributed by atoms with E-state index >= 15 is 0 Å². The molecule has 0 spiro atoms. The number of esters is 1. The molecular weight excluding hydrogens is 254 g/mol. The first-order chi connectivity index (χ1) is 9.52. The van der Waals surface area contributed by atoms with Gasteiger partial charge in [0.25, 0.3) is 0 Å². The number of carbonyl (C=O) groups is 1. The molecule has 2 rings (SSSR count). The van der Waals surface area contributed by atoms with Gasteiger partial charge in [-0.25, -0.2) is 9.78 Å². The van der Waals surface area contributed by atoms with E-state index < -0.39 is 0 Å². The minimum atomic E-state index is -0.381. The quantitative estimate of drug-likeness (QED) is 0.827. The number of anilines is 2. The molecule has 3 N–H and O–H groups in total. The Bertz CT molecular complexity index is 490. The van der Waals surface area contributed by atoms with Crippen LogP contribution in [-0.4, -0.2) is 23.6 Å². The lowest BCUT2D eigenvalue weighted by atomic mass is 9.98. The topological polar surface area (TPSA) is 77.2 Å². The Morgan fingerprint density at radius 1 is 1.50 bits per heavy atom. The molecule has 0 saturated heterocycles. The van der Waals surface area contributed by atoms with Crippen LogP contribution in [0.1, 0.15) is 44.0 Å². The van der Waals surface area contributed by atoms with Crippen molar-refractivity contribution in [1.29, 1.82) is 0 Å². The van der Waals surface area contributed by atoms with Crippen molar-refractivity contribution in [2.75, 3.05) is 17.7 Å². The number of nitrogen functional groups attached to an aromatic ring is 1. The number of pyridine rings is 1. The molecule has 0 aliphatic heterocycles. The number of rotatable bonds is 4. The van der Waals surface area contributed by atoms with Crippen molar-refractivity contribution in [3.05, 3.63) is 17.8 Å². The van der Waals surface area contributed by atoms with Gasteiger partial charge in [0.15, 0.2) is 0 Å². The highest BCUT2D eigenvalue weighted by Crippen LogP contribution is 2.33. The zero-order valence-electron chi connectivity index (χ0n) is 12.3. The Labute approximate surface area is 119 Å². The van der Waals surface area contributed by atoms with E-state index in [4.69, 9.17) is 10.5 Å². The number of nitrogens with zero attached hydrogens (tertiary/aromatic N) is 1. The summed E-state index contributed by atoms with van der Waals surface area (Å²) in [5, 5.41) is 3.39. The van der Waals surface area contributed by atoms with Gasteiger partial charge in [0.2, 0.25) is 0 Å². The molecule has 1 aromatic heterocycles. The van der Waals surface area contributed by atoms with Gasteiger partial charge < -0.3 is 15.8 Å². The predicted molar refractivity (Wildman–Crippen MR) is 79.6 cm³/mol. The van der Waals surface area contributed by atoms with Crippen LogP contribution in [0.2, 0.25) is 0 Å². The molecule has 1 aliphatic carbocycles. The van der Waals surface area contributed by atoms with Crippen molar-refractivity contribution in [2.24, 2.45) is 11.8 Å². The van der Waals surface area contributed by atoms with E-state index in [1.165, 1.54) is 6.42 Å². The number of hydrogen-bond acceptors (Lipinski definition) is 5. The molecule has 1 saturated carbocycles. The first kappa shape index (κ1) is 14.6. The van der Waals surface area contributed by atoms with E-state index in [9.17, 15) is 4.79 Å². The Morgan fingerprint density at radius 2 is 2.25 bits per heavy atom. The fourth-order valence-electron chi connectivity index (χ4n) is 2.70. The summed E-state index contributed by atoms with van der Waals surface area (Å²) in [5.74, 6) is 1.44. The highest BCUT2D eigenvalue weighted by atomic mass is 16.5. The van der Waals surface area contributed by atoms with E-state index in [-0.39, 0.29) is 5.97 Å². The molecular formula is C15H23N3O2. The van der Waals surface area contributed by atoms with Crippen LogP contribution in [-0.2, 0) is 4.74 Å². The van der Waals surface area contributed by atoms with Crippen molar-refractivity contribution in [3.8, 4) is 0 Å². The average Bonchev–Trinajstić information content (AvgIpc) is 2.73. The molecule has 5 nitrogen and oxygen atoms in total. The second-order valence-corrected chi connectivity index (χ2v) is 5.55. The van der Waals surface area contributed by atoms with E-state index in [1.54, 1.807) is 19.2 Å². The van der Waals surface area contributed by atoms with Crippen LogP contribution >= 0.6 is 0 Å². The number of carbonyl (C=O) groups excluding carboxylic acids is 1. The Morgan fingerprint density at radius 3 is 2.85 bits per heavy atom. The molecule has 110 valence electrons. The third-order valence-corrected chi connectivity index (χ3v) is 4.19. The summed E-state index contributed by atoms with van der Waals surface area (Å²) in [6.45, 7) is 6.61. The maximum Gasteiger partial charge on any atom is 0.341 e. The second kappa shape index (κ2) is 6.11. The van der Waals surface area contributed by atoms with Crippen LogP contribution in [0.3, 0.4) is 0 Å². The number of ether oxygens (including phenoxy) is 1. The van der Waals surface area contributed by atoms with Gasteiger partial charge in [-0.05, 0) is 37.7 Å². The maximum absolute atomic E-state index is 12.0. The van der Waals surface area contributed by atoms with Crippen LogP contribution in [0.4, 0.5) is 11.5 Å². The first-order valence-electron chi connectivity index (χ1n) is 7.22. The van der Waals surface area contributed by atoms with Crippen molar-refractivity contribution < 1.29 is 9.53 Å². The summed E-state index contributed by atoms with van der Waals surface area (Å²) < 4.78 is 5.06. The van der Waals surface area contributed by atoms with Crippen molar-refractivity contribution in [1.82, 2.24) is 4.98 Å². The molecule has 5 heteroatoms. The Balaban J connectivity index is 2.21. The zero-order valence-corrected chi connectivity index (χ0v) is 12.3. The number of hydrogen-bond donors (Lipinski definition) is 2.